The number of fused-ring (bicyclic) bond motifs is 1. The number of hydrogen-bond acceptors (Lipinski definition) is 12. The van der Waals surface area contributed by atoms with Crippen molar-refractivity contribution in [2.24, 2.45) is 0 Å². The number of imidazole rings is 1. The molecule has 1 fully saturated rings. The maximum Gasteiger partial charge on any atom is 0.343 e. The van der Waals surface area contributed by atoms with E-state index < -0.39 is 44.9 Å². The van der Waals surface area contributed by atoms with Crippen LogP contribution in [0.1, 0.15) is 16.6 Å². The summed E-state index contributed by atoms with van der Waals surface area (Å²) < 4.78 is 28.0. The fourth-order valence-corrected chi connectivity index (χ4v) is 3.76. The molecule has 1 aliphatic rings. The number of benzene rings is 1. The highest BCUT2D eigenvalue weighted by molar-refractivity contribution is 7.46. The van der Waals surface area contributed by atoms with E-state index >= 15 is 0 Å². The molecule has 0 spiro atoms. The predicted molar refractivity (Wildman–Crippen MR) is 101 cm³/mol. The number of hydrogen-bond donors (Lipinski definition) is 3. The SMILES string of the molecule is Nc1ncnc2c1ncn2[C@@H]1O[C@H](COP(=O)([O-])OC(=O)c2ccccc2)[C@@H](O)[C@H]1O. The molecule has 2 aromatic heterocycles. The molecule has 13 nitrogen and oxygen atoms in total. The van der Waals surface area contributed by atoms with E-state index in [0.717, 1.165) is 0 Å². The van der Waals surface area contributed by atoms with Gasteiger partial charge in [0.25, 0.3) is 0 Å². The highest BCUT2D eigenvalue weighted by Gasteiger charge is 2.45. The normalized spacial score (nSPS) is 25.4. The molecule has 0 bridgehead atoms. The number of aliphatic hydroxyl groups excluding tert-OH is 2. The van der Waals surface area contributed by atoms with Crippen LogP contribution in [0.5, 0.6) is 0 Å². The Hall–Kier alpha value is -2.93. The zero-order valence-electron chi connectivity index (χ0n) is 15.7. The van der Waals surface area contributed by atoms with Gasteiger partial charge in [-0.05, 0) is 12.1 Å². The summed E-state index contributed by atoms with van der Waals surface area (Å²) >= 11 is 0. The minimum absolute atomic E-state index is 0.0167. The van der Waals surface area contributed by atoms with Crippen LogP contribution in [0.4, 0.5) is 5.82 Å². The second-order valence-electron chi connectivity index (χ2n) is 6.62. The van der Waals surface area contributed by atoms with Gasteiger partial charge in [-0.1, -0.05) is 18.2 Å². The van der Waals surface area contributed by atoms with Crippen LogP contribution in [0.3, 0.4) is 0 Å². The molecule has 5 atom stereocenters. The van der Waals surface area contributed by atoms with Crippen molar-refractivity contribution in [3.63, 3.8) is 0 Å². The summed E-state index contributed by atoms with van der Waals surface area (Å²) in [5, 5.41) is 20.6. The van der Waals surface area contributed by atoms with Crippen molar-refractivity contribution >= 4 is 30.8 Å². The Kier molecular flexibility index (Phi) is 5.71. The minimum Gasteiger partial charge on any atom is -0.746 e. The van der Waals surface area contributed by atoms with E-state index in [2.05, 4.69) is 24.0 Å². The van der Waals surface area contributed by atoms with E-state index in [4.69, 9.17) is 10.5 Å². The van der Waals surface area contributed by atoms with Gasteiger partial charge in [-0.25, -0.2) is 19.7 Å². The molecule has 4 N–H and O–H groups in total. The molecular formula is C17H17N5O8P-. The monoisotopic (exact) mass is 450 g/mol. The summed E-state index contributed by atoms with van der Waals surface area (Å²) in [4.78, 5) is 35.8. The average Bonchev–Trinajstić information content (AvgIpc) is 3.29. The third-order valence-corrected chi connectivity index (χ3v) is 5.45. The Bertz CT molecular complexity index is 1140. The molecule has 0 amide bonds. The fourth-order valence-electron chi connectivity index (χ4n) is 3.07. The third-order valence-electron chi connectivity index (χ3n) is 4.60. The summed E-state index contributed by atoms with van der Waals surface area (Å²) in [5.74, 6) is -1.00. The largest absolute Gasteiger partial charge is 0.746 e. The molecule has 1 saturated heterocycles. The van der Waals surface area contributed by atoms with Gasteiger partial charge in [-0.2, -0.15) is 0 Å². The van der Waals surface area contributed by atoms with Crippen molar-refractivity contribution < 1.29 is 38.3 Å². The summed E-state index contributed by atoms with van der Waals surface area (Å²) in [5.41, 5.74) is 6.26. The van der Waals surface area contributed by atoms with Crippen LogP contribution >= 0.6 is 7.82 Å². The van der Waals surface area contributed by atoms with E-state index in [1.165, 1.54) is 41.5 Å². The first-order chi connectivity index (χ1) is 14.8. The lowest BCUT2D eigenvalue weighted by molar-refractivity contribution is -0.222. The zero-order valence-corrected chi connectivity index (χ0v) is 16.6. The van der Waals surface area contributed by atoms with Gasteiger partial charge in [0.15, 0.2) is 17.7 Å². The molecule has 3 heterocycles. The zero-order chi connectivity index (χ0) is 22.2. The Morgan fingerprint density at radius 3 is 2.71 bits per heavy atom. The number of phosphoric acid groups is 1. The molecule has 164 valence electrons. The van der Waals surface area contributed by atoms with Gasteiger partial charge < -0.3 is 34.6 Å². The van der Waals surface area contributed by atoms with Gasteiger partial charge in [0.1, 0.15) is 30.2 Å². The average molecular weight is 450 g/mol. The number of nitrogen functional groups attached to an aromatic ring is 1. The smallest absolute Gasteiger partial charge is 0.343 e. The molecule has 3 aromatic rings. The van der Waals surface area contributed by atoms with Crippen LogP contribution < -0.4 is 10.6 Å². The Labute approximate surface area is 174 Å². The topological polar surface area (TPSA) is 195 Å². The van der Waals surface area contributed by atoms with E-state index in [1.54, 1.807) is 6.07 Å². The maximum atomic E-state index is 12.0. The molecule has 1 unspecified atom stereocenters. The predicted octanol–water partition coefficient (Wildman–Crippen LogP) is -0.630. The van der Waals surface area contributed by atoms with Crippen LogP contribution in [0.25, 0.3) is 11.2 Å². The van der Waals surface area contributed by atoms with Crippen LogP contribution in [0.2, 0.25) is 0 Å². The van der Waals surface area contributed by atoms with Crippen LogP contribution in [0, 0.1) is 0 Å². The van der Waals surface area contributed by atoms with Gasteiger partial charge >= 0.3 is 13.8 Å². The van der Waals surface area contributed by atoms with Crippen molar-refractivity contribution in [2.75, 3.05) is 12.3 Å². The number of ether oxygens (including phenoxy) is 1. The van der Waals surface area contributed by atoms with Crippen LogP contribution in [0.15, 0.2) is 43.0 Å². The number of aromatic nitrogens is 4. The number of rotatable bonds is 6. The lowest BCUT2D eigenvalue weighted by Crippen LogP contribution is -2.34. The van der Waals surface area contributed by atoms with Gasteiger partial charge in [0, 0.05) is 0 Å². The molecule has 14 heteroatoms. The van der Waals surface area contributed by atoms with Crippen molar-refractivity contribution in [3.05, 3.63) is 48.5 Å². The Balaban J connectivity index is 1.43. The quantitative estimate of drug-likeness (QED) is 0.403. The molecule has 1 aliphatic heterocycles. The van der Waals surface area contributed by atoms with E-state index in [-0.39, 0.29) is 22.5 Å². The Morgan fingerprint density at radius 1 is 1.23 bits per heavy atom. The first-order valence-electron chi connectivity index (χ1n) is 8.96. The number of carbonyl (C=O) groups is 1. The maximum absolute atomic E-state index is 12.0. The van der Waals surface area contributed by atoms with Crippen molar-refractivity contribution in [3.8, 4) is 0 Å². The lowest BCUT2D eigenvalue weighted by atomic mass is 10.1. The lowest BCUT2D eigenvalue weighted by Gasteiger charge is -2.24. The van der Waals surface area contributed by atoms with Crippen molar-refractivity contribution in [2.45, 2.75) is 24.5 Å². The first kappa shape index (κ1) is 21.3. The molecule has 4 rings (SSSR count). The van der Waals surface area contributed by atoms with E-state index in [0.29, 0.717) is 0 Å². The molecular weight excluding hydrogens is 433 g/mol. The number of carbonyl (C=O) groups excluding carboxylic acids is 1. The second-order valence-corrected chi connectivity index (χ2v) is 7.95. The first-order valence-corrected chi connectivity index (χ1v) is 10.4. The van der Waals surface area contributed by atoms with Crippen LogP contribution in [-0.2, 0) is 18.3 Å². The highest BCUT2D eigenvalue weighted by Crippen LogP contribution is 2.41. The van der Waals surface area contributed by atoms with Crippen molar-refractivity contribution in [1.29, 1.82) is 0 Å². The minimum atomic E-state index is -5.07. The number of nitrogens with zero attached hydrogens (tertiary/aromatic N) is 4. The summed E-state index contributed by atoms with van der Waals surface area (Å²) in [7, 11) is -5.07. The van der Waals surface area contributed by atoms with E-state index in [9.17, 15) is 24.5 Å². The van der Waals surface area contributed by atoms with Gasteiger partial charge in [-0.3, -0.25) is 9.13 Å². The van der Waals surface area contributed by atoms with Gasteiger partial charge in [0.05, 0.1) is 18.5 Å². The molecule has 1 aromatic carbocycles. The molecule has 0 radical (unpaired) electrons. The summed E-state index contributed by atoms with van der Waals surface area (Å²) in [6.07, 6.45) is -2.88. The standard InChI is InChI=1S/C17H18N5O8P/c18-14-11-15(20-7-19-14)22(8-21-11)16-13(24)12(23)10(29-16)6-28-31(26,27)30-17(25)9-4-2-1-3-5-9/h1-5,7-8,10,12-13,16,23-24H,6H2,(H,26,27)(H2,18,19,20)/p-1/t10-,12-,13-,16-/m1/s1. The summed E-state index contributed by atoms with van der Waals surface area (Å²) in [6.45, 7) is -0.707. The third kappa shape index (κ3) is 4.28. The molecule has 31 heavy (non-hydrogen) atoms. The van der Waals surface area contributed by atoms with E-state index in [1.807, 2.05) is 0 Å². The van der Waals surface area contributed by atoms with Crippen molar-refractivity contribution in [1.82, 2.24) is 19.5 Å². The van der Waals surface area contributed by atoms with Crippen LogP contribution in [-0.4, -0.2) is 60.6 Å². The summed E-state index contributed by atoms with van der Waals surface area (Å²) in [6, 6.07) is 7.47. The number of aliphatic hydroxyl groups is 2. The number of anilines is 1. The number of nitrogens with two attached hydrogens (primary N) is 1. The fraction of sp³-hybridized carbons (Fsp3) is 0.294. The second kappa shape index (κ2) is 8.30. The molecule has 0 aliphatic carbocycles. The Morgan fingerprint density at radius 2 is 1.97 bits per heavy atom. The number of phosphoric ester groups is 1. The highest BCUT2D eigenvalue weighted by atomic mass is 31.2. The molecule has 0 saturated carbocycles. The van der Waals surface area contributed by atoms with Gasteiger partial charge in [-0.15, -0.1) is 0 Å². The van der Waals surface area contributed by atoms with Gasteiger partial charge in [0.2, 0.25) is 0 Å².